The molecule has 0 fully saturated rings. The fraction of sp³-hybridized carbons (Fsp3) is 0. The van der Waals surface area contributed by atoms with Crippen molar-refractivity contribution in [3.8, 4) is 6.07 Å². The number of nitrogens with zero attached hydrogens (tertiary/aromatic N) is 2. The van der Waals surface area contributed by atoms with E-state index < -0.39 is 11.9 Å². The number of pyridine rings is 1. The third kappa shape index (κ3) is 4.32. The summed E-state index contributed by atoms with van der Waals surface area (Å²) >= 11 is 5.87. The van der Waals surface area contributed by atoms with E-state index in [-0.39, 0.29) is 22.0 Å². The molecule has 1 aromatic heterocycles. The van der Waals surface area contributed by atoms with E-state index in [1.807, 2.05) is 0 Å². The van der Waals surface area contributed by atoms with Gasteiger partial charge in [0.25, 0.3) is 5.91 Å². The number of hydrogen-bond donors (Lipinski definition) is 3. The molecule has 0 aliphatic heterocycles. The molecule has 0 aliphatic carbocycles. The van der Waals surface area contributed by atoms with E-state index >= 15 is 0 Å². The van der Waals surface area contributed by atoms with Crippen molar-refractivity contribution >= 4 is 34.9 Å². The number of nitrogens with one attached hydrogen (secondary N) is 2. The highest BCUT2D eigenvalue weighted by Gasteiger charge is 2.11. The van der Waals surface area contributed by atoms with Crippen LogP contribution in [0.15, 0.2) is 54.4 Å². The fourth-order valence-corrected chi connectivity index (χ4v) is 1.89. The van der Waals surface area contributed by atoms with Gasteiger partial charge >= 0.3 is 5.97 Å². The highest BCUT2D eigenvalue weighted by Crippen LogP contribution is 2.18. The number of nitriles is 1. The third-order valence-electron chi connectivity index (χ3n) is 2.86. The highest BCUT2D eigenvalue weighted by atomic mass is 35.5. The molecule has 120 valence electrons. The molecule has 1 heterocycles. The zero-order chi connectivity index (χ0) is 17.5. The summed E-state index contributed by atoms with van der Waals surface area (Å²) < 4.78 is 0. The van der Waals surface area contributed by atoms with E-state index in [4.69, 9.17) is 22.0 Å². The van der Waals surface area contributed by atoms with Gasteiger partial charge in [-0.3, -0.25) is 4.79 Å². The van der Waals surface area contributed by atoms with Crippen LogP contribution >= 0.6 is 11.6 Å². The predicted octanol–water partition coefficient (Wildman–Crippen LogP) is 2.89. The topological polar surface area (TPSA) is 115 Å². The van der Waals surface area contributed by atoms with Crippen LogP contribution in [0.2, 0.25) is 5.15 Å². The predicted molar refractivity (Wildman–Crippen MR) is 88.6 cm³/mol. The Morgan fingerprint density at radius 1 is 1.29 bits per heavy atom. The normalized spacial score (nSPS) is 10.6. The maximum absolute atomic E-state index is 12.1. The fourth-order valence-electron chi connectivity index (χ4n) is 1.72. The first-order valence-corrected chi connectivity index (χ1v) is 7.01. The average Bonchev–Trinajstić information content (AvgIpc) is 2.57. The lowest BCUT2D eigenvalue weighted by Gasteiger charge is -2.06. The number of carboxylic acid groups (broad SMARTS) is 1. The Labute approximate surface area is 142 Å². The Hall–Kier alpha value is -3.37. The molecule has 3 N–H and O–H groups in total. The second-order valence-corrected chi connectivity index (χ2v) is 4.85. The number of rotatable bonds is 5. The number of hydrogen-bond acceptors (Lipinski definition) is 5. The molecule has 7 nitrogen and oxygen atoms in total. The van der Waals surface area contributed by atoms with Crippen LogP contribution in [0.5, 0.6) is 0 Å². The average molecular weight is 343 g/mol. The Bertz CT molecular complexity index is 858. The Morgan fingerprint density at radius 3 is 2.75 bits per heavy atom. The number of amides is 1. The van der Waals surface area contributed by atoms with Crippen molar-refractivity contribution < 1.29 is 14.7 Å². The summed E-state index contributed by atoms with van der Waals surface area (Å²) in [5.41, 5.74) is 0.513. The maximum atomic E-state index is 12.1. The van der Waals surface area contributed by atoms with Crippen molar-refractivity contribution in [3.05, 3.63) is 65.1 Å². The van der Waals surface area contributed by atoms with Gasteiger partial charge in [-0.1, -0.05) is 17.7 Å². The van der Waals surface area contributed by atoms with Gasteiger partial charge in [-0.15, -0.1) is 0 Å². The molecule has 0 saturated heterocycles. The van der Waals surface area contributed by atoms with E-state index in [1.54, 1.807) is 18.2 Å². The van der Waals surface area contributed by atoms with Gasteiger partial charge in [-0.2, -0.15) is 5.26 Å². The molecule has 0 spiro atoms. The second-order valence-electron chi connectivity index (χ2n) is 4.50. The summed E-state index contributed by atoms with van der Waals surface area (Å²) in [7, 11) is 0. The van der Waals surface area contributed by atoms with Gasteiger partial charge in [0.05, 0.1) is 11.3 Å². The smallest absolute Gasteiger partial charge is 0.335 e. The molecular weight excluding hydrogens is 332 g/mol. The number of benzene rings is 1. The van der Waals surface area contributed by atoms with Crippen molar-refractivity contribution in [2.75, 3.05) is 10.6 Å². The maximum Gasteiger partial charge on any atom is 0.335 e. The van der Waals surface area contributed by atoms with Crippen LogP contribution < -0.4 is 10.6 Å². The van der Waals surface area contributed by atoms with Crippen LogP contribution in [-0.2, 0) is 4.79 Å². The minimum absolute atomic E-state index is 0.0237. The van der Waals surface area contributed by atoms with Crippen LogP contribution in [0.25, 0.3) is 0 Å². The van der Waals surface area contributed by atoms with E-state index in [1.165, 1.54) is 36.7 Å². The Morgan fingerprint density at radius 2 is 2.08 bits per heavy atom. The molecular formula is C16H11ClN4O3. The molecule has 0 aliphatic rings. The zero-order valence-electron chi connectivity index (χ0n) is 12.2. The first-order chi connectivity index (χ1) is 11.5. The number of anilines is 2. The minimum Gasteiger partial charge on any atom is -0.478 e. The van der Waals surface area contributed by atoms with E-state index in [0.29, 0.717) is 5.69 Å². The molecule has 0 bridgehead atoms. The van der Waals surface area contributed by atoms with E-state index in [9.17, 15) is 9.59 Å². The summed E-state index contributed by atoms with van der Waals surface area (Å²) in [5.74, 6) is -1.80. The van der Waals surface area contributed by atoms with Crippen molar-refractivity contribution in [3.63, 3.8) is 0 Å². The molecule has 2 aromatic rings. The van der Waals surface area contributed by atoms with Crippen LogP contribution in [0, 0.1) is 11.3 Å². The first-order valence-electron chi connectivity index (χ1n) is 6.63. The summed E-state index contributed by atoms with van der Waals surface area (Å²) in [6.45, 7) is 0. The molecule has 8 heteroatoms. The van der Waals surface area contributed by atoms with Crippen LogP contribution in [0.4, 0.5) is 11.4 Å². The van der Waals surface area contributed by atoms with Crippen molar-refractivity contribution in [1.29, 1.82) is 5.26 Å². The monoisotopic (exact) mass is 342 g/mol. The van der Waals surface area contributed by atoms with E-state index in [2.05, 4.69) is 15.6 Å². The van der Waals surface area contributed by atoms with Crippen molar-refractivity contribution in [1.82, 2.24) is 4.98 Å². The largest absolute Gasteiger partial charge is 0.478 e. The van der Waals surface area contributed by atoms with Crippen LogP contribution in [0.1, 0.15) is 10.4 Å². The second kappa shape index (κ2) is 7.76. The molecule has 1 amide bonds. The lowest BCUT2D eigenvalue weighted by molar-refractivity contribution is -0.112. The van der Waals surface area contributed by atoms with Gasteiger partial charge in [0.15, 0.2) is 5.15 Å². The number of aromatic nitrogens is 1. The lowest BCUT2D eigenvalue weighted by atomic mass is 10.2. The molecule has 0 atom stereocenters. The number of carbonyl (C=O) groups excluding carboxylic acids is 1. The molecule has 0 saturated carbocycles. The minimum atomic E-state index is -1.12. The Kier molecular flexibility index (Phi) is 5.49. The van der Waals surface area contributed by atoms with Gasteiger partial charge < -0.3 is 15.7 Å². The molecule has 2 rings (SSSR count). The van der Waals surface area contributed by atoms with Gasteiger partial charge in [-0.05, 0) is 30.3 Å². The number of carboxylic acids is 1. The van der Waals surface area contributed by atoms with Gasteiger partial charge in [0.2, 0.25) is 0 Å². The summed E-state index contributed by atoms with van der Waals surface area (Å²) in [4.78, 5) is 26.9. The SMILES string of the molecule is N#C/C(=C/Nc1cccnc1Cl)C(=O)Nc1cccc(C(=O)O)c1. The van der Waals surface area contributed by atoms with Crippen LogP contribution in [0.3, 0.4) is 0 Å². The molecule has 0 radical (unpaired) electrons. The van der Waals surface area contributed by atoms with E-state index in [0.717, 1.165) is 0 Å². The number of carbonyl (C=O) groups is 2. The zero-order valence-corrected chi connectivity index (χ0v) is 12.9. The summed E-state index contributed by atoms with van der Waals surface area (Å²) in [6.07, 6.45) is 2.70. The first kappa shape index (κ1) is 17.0. The lowest BCUT2D eigenvalue weighted by Crippen LogP contribution is -2.15. The third-order valence-corrected chi connectivity index (χ3v) is 3.16. The summed E-state index contributed by atoms with van der Waals surface area (Å²) in [6, 6.07) is 10.7. The van der Waals surface area contributed by atoms with Gasteiger partial charge in [0.1, 0.15) is 11.6 Å². The standard InChI is InChI=1S/C16H11ClN4O3/c17-14-13(5-2-6-19-14)20-9-11(8-18)15(22)21-12-4-1-3-10(7-12)16(23)24/h1-7,9,20H,(H,21,22)(H,23,24)/b11-9-. The number of halogens is 1. The highest BCUT2D eigenvalue weighted by molar-refractivity contribution is 6.32. The van der Waals surface area contributed by atoms with Crippen LogP contribution in [-0.4, -0.2) is 22.0 Å². The van der Waals surface area contributed by atoms with Gasteiger partial charge in [0, 0.05) is 18.1 Å². The molecule has 1 aromatic carbocycles. The number of aromatic carboxylic acids is 1. The Balaban J connectivity index is 2.13. The quantitative estimate of drug-likeness (QED) is 0.437. The summed E-state index contributed by atoms with van der Waals surface area (Å²) in [5, 5.41) is 23.4. The van der Waals surface area contributed by atoms with Crippen molar-refractivity contribution in [2.45, 2.75) is 0 Å². The molecule has 0 unspecified atom stereocenters. The van der Waals surface area contributed by atoms with Gasteiger partial charge in [-0.25, -0.2) is 9.78 Å². The molecule has 24 heavy (non-hydrogen) atoms. The van der Waals surface area contributed by atoms with Crippen molar-refractivity contribution in [2.24, 2.45) is 0 Å².